The fourth-order valence-electron chi connectivity index (χ4n) is 1.96. The maximum atomic E-state index is 10.8. The third-order valence-corrected chi connectivity index (χ3v) is 3.63. The summed E-state index contributed by atoms with van der Waals surface area (Å²) in [6.07, 6.45) is 0.891. The normalized spacial score (nSPS) is 12.3. The Kier molecular flexibility index (Phi) is 4.84. The number of nitrogens with zero attached hydrogens (tertiary/aromatic N) is 4. The minimum Gasteiger partial charge on any atom is -0.481 e. The number of aromatic nitrogens is 4. The molecule has 6 nitrogen and oxygen atoms in total. The molecule has 0 saturated heterocycles. The lowest BCUT2D eigenvalue weighted by Gasteiger charge is -2.13. The summed E-state index contributed by atoms with van der Waals surface area (Å²) >= 11 is 3.38. The van der Waals surface area contributed by atoms with Crippen molar-refractivity contribution >= 4 is 21.9 Å². The summed E-state index contributed by atoms with van der Waals surface area (Å²) in [6, 6.07) is 7.68. The SMILES string of the molecule is CCC(CC(=O)O)Cn1nnnc1-c1ccc(Br)cc1. The molecule has 2 aromatic rings. The number of carboxylic acids is 1. The van der Waals surface area contributed by atoms with Gasteiger partial charge in [0.2, 0.25) is 0 Å². The summed E-state index contributed by atoms with van der Waals surface area (Å²) in [5.74, 6) is -0.123. The predicted octanol–water partition coefficient (Wildman–Crippen LogP) is 2.60. The van der Waals surface area contributed by atoms with Gasteiger partial charge in [-0.1, -0.05) is 41.4 Å². The van der Waals surface area contributed by atoms with E-state index < -0.39 is 5.97 Å². The van der Waals surface area contributed by atoms with Gasteiger partial charge in [0.05, 0.1) is 0 Å². The predicted molar refractivity (Wildman–Crippen MR) is 77.0 cm³/mol. The largest absolute Gasteiger partial charge is 0.481 e. The third-order valence-electron chi connectivity index (χ3n) is 3.11. The molecule has 0 saturated carbocycles. The Morgan fingerprint density at radius 2 is 2.10 bits per heavy atom. The number of halogens is 1. The van der Waals surface area contributed by atoms with E-state index in [4.69, 9.17) is 5.11 Å². The van der Waals surface area contributed by atoms with Gasteiger partial charge >= 0.3 is 5.97 Å². The van der Waals surface area contributed by atoms with Crippen LogP contribution in [0.2, 0.25) is 0 Å². The highest BCUT2D eigenvalue weighted by atomic mass is 79.9. The molecule has 7 heteroatoms. The summed E-state index contributed by atoms with van der Waals surface area (Å²) in [5, 5.41) is 20.6. The lowest BCUT2D eigenvalue weighted by Crippen LogP contribution is -2.16. The molecule has 20 heavy (non-hydrogen) atoms. The molecule has 2 rings (SSSR count). The van der Waals surface area contributed by atoms with Crippen molar-refractivity contribution in [3.63, 3.8) is 0 Å². The van der Waals surface area contributed by atoms with Crippen molar-refractivity contribution < 1.29 is 9.90 Å². The molecule has 0 aliphatic heterocycles. The second-order valence-electron chi connectivity index (χ2n) is 4.56. The second kappa shape index (κ2) is 6.60. The quantitative estimate of drug-likeness (QED) is 0.875. The Labute approximate surface area is 124 Å². The maximum absolute atomic E-state index is 10.8. The standard InChI is InChI=1S/C13H15BrN4O2/c1-2-9(7-12(19)20)8-18-13(15-16-17-18)10-3-5-11(14)6-4-10/h3-6,9H,2,7-8H2,1H3,(H,19,20). The monoisotopic (exact) mass is 338 g/mol. The zero-order valence-electron chi connectivity index (χ0n) is 11.0. The van der Waals surface area contributed by atoms with E-state index in [9.17, 15) is 4.79 Å². The van der Waals surface area contributed by atoms with E-state index in [0.717, 1.165) is 16.5 Å². The molecule has 1 unspecified atom stereocenters. The third kappa shape index (κ3) is 3.63. The second-order valence-corrected chi connectivity index (χ2v) is 5.48. The minimum atomic E-state index is -0.796. The van der Waals surface area contributed by atoms with Crippen LogP contribution >= 0.6 is 15.9 Å². The lowest BCUT2D eigenvalue weighted by atomic mass is 10.0. The molecule has 1 aromatic carbocycles. The minimum absolute atomic E-state index is 0.0187. The molecule has 0 amide bonds. The first-order chi connectivity index (χ1) is 9.60. The van der Waals surface area contributed by atoms with E-state index in [1.807, 2.05) is 31.2 Å². The van der Waals surface area contributed by atoms with Crippen molar-refractivity contribution in [1.82, 2.24) is 20.2 Å². The molecule has 0 aliphatic carbocycles. The van der Waals surface area contributed by atoms with Gasteiger partial charge in [-0.05, 0) is 28.5 Å². The molecule has 0 aliphatic rings. The van der Waals surface area contributed by atoms with Crippen LogP contribution in [-0.4, -0.2) is 31.3 Å². The fourth-order valence-corrected chi connectivity index (χ4v) is 2.23. The van der Waals surface area contributed by atoms with Crippen molar-refractivity contribution in [3.05, 3.63) is 28.7 Å². The van der Waals surface area contributed by atoms with Crippen molar-refractivity contribution in [2.45, 2.75) is 26.3 Å². The van der Waals surface area contributed by atoms with E-state index in [-0.39, 0.29) is 12.3 Å². The number of aliphatic carboxylic acids is 1. The zero-order chi connectivity index (χ0) is 14.5. The molecule has 1 N–H and O–H groups in total. The number of carbonyl (C=O) groups is 1. The van der Waals surface area contributed by atoms with Gasteiger partial charge in [-0.3, -0.25) is 4.79 Å². The van der Waals surface area contributed by atoms with Crippen LogP contribution in [0.1, 0.15) is 19.8 Å². The van der Waals surface area contributed by atoms with Gasteiger partial charge < -0.3 is 5.11 Å². The molecular weight excluding hydrogens is 324 g/mol. The smallest absolute Gasteiger partial charge is 0.303 e. The molecule has 1 atom stereocenters. The van der Waals surface area contributed by atoms with Gasteiger partial charge in [0.15, 0.2) is 5.82 Å². The highest BCUT2D eigenvalue weighted by molar-refractivity contribution is 9.10. The van der Waals surface area contributed by atoms with Gasteiger partial charge in [-0.2, -0.15) is 0 Å². The fraction of sp³-hybridized carbons (Fsp3) is 0.385. The molecule has 0 bridgehead atoms. The number of rotatable bonds is 6. The van der Waals surface area contributed by atoms with Crippen LogP contribution in [0.5, 0.6) is 0 Å². The van der Waals surface area contributed by atoms with Crippen molar-refractivity contribution in [2.24, 2.45) is 5.92 Å². The van der Waals surface area contributed by atoms with Crippen LogP contribution < -0.4 is 0 Å². The first-order valence-corrected chi connectivity index (χ1v) is 7.13. The number of tetrazole rings is 1. The van der Waals surface area contributed by atoms with Gasteiger partial charge in [0, 0.05) is 23.0 Å². The summed E-state index contributed by atoms with van der Waals surface area (Å²) in [6.45, 7) is 2.47. The summed E-state index contributed by atoms with van der Waals surface area (Å²) in [4.78, 5) is 10.8. The Hall–Kier alpha value is -1.76. The molecule has 0 fully saturated rings. The maximum Gasteiger partial charge on any atom is 0.303 e. The van der Waals surface area contributed by atoms with E-state index >= 15 is 0 Å². The molecule has 1 aromatic heterocycles. The zero-order valence-corrected chi connectivity index (χ0v) is 12.6. The van der Waals surface area contributed by atoms with Crippen LogP contribution in [0.4, 0.5) is 0 Å². The van der Waals surface area contributed by atoms with Crippen molar-refractivity contribution in [2.75, 3.05) is 0 Å². The van der Waals surface area contributed by atoms with Gasteiger partial charge in [-0.25, -0.2) is 4.68 Å². The summed E-state index contributed by atoms with van der Waals surface area (Å²) in [5.41, 5.74) is 0.906. The summed E-state index contributed by atoms with van der Waals surface area (Å²) < 4.78 is 2.65. The van der Waals surface area contributed by atoms with E-state index in [1.165, 1.54) is 0 Å². The number of hydrogen-bond acceptors (Lipinski definition) is 4. The first kappa shape index (κ1) is 14.6. The molecule has 0 spiro atoms. The Balaban J connectivity index is 2.19. The van der Waals surface area contributed by atoms with Gasteiger partial charge in [0.1, 0.15) is 0 Å². The number of benzene rings is 1. The van der Waals surface area contributed by atoms with Crippen LogP contribution in [0.15, 0.2) is 28.7 Å². The van der Waals surface area contributed by atoms with Gasteiger partial charge in [0.25, 0.3) is 0 Å². The molecule has 0 radical (unpaired) electrons. The Morgan fingerprint density at radius 3 is 2.70 bits per heavy atom. The molecule has 1 heterocycles. The molecule has 106 valence electrons. The number of carboxylic acid groups (broad SMARTS) is 1. The van der Waals surface area contributed by atoms with Crippen LogP contribution in [-0.2, 0) is 11.3 Å². The van der Waals surface area contributed by atoms with Crippen LogP contribution in [0, 0.1) is 5.92 Å². The first-order valence-electron chi connectivity index (χ1n) is 6.34. The van der Waals surface area contributed by atoms with Crippen molar-refractivity contribution in [3.8, 4) is 11.4 Å². The molecular formula is C13H15BrN4O2. The van der Waals surface area contributed by atoms with E-state index in [2.05, 4.69) is 31.5 Å². The highest BCUT2D eigenvalue weighted by Crippen LogP contribution is 2.21. The average Bonchev–Trinajstić information content (AvgIpc) is 2.86. The Morgan fingerprint density at radius 1 is 1.40 bits per heavy atom. The Bertz CT molecular complexity index is 582. The number of hydrogen-bond donors (Lipinski definition) is 1. The van der Waals surface area contributed by atoms with Gasteiger partial charge in [-0.15, -0.1) is 5.10 Å². The van der Waals surface area contributed by atoms with Crippen LogP contribution in [0.3, 0.4) is 0 Å². The summed E-state index contributed by atoms with van der Waals surface area (Å²) in [7, 11) is 0. The van der Waals surface area contributed by atoms with Crippen LogP contribution in [0.25, 0.3) is 11.4 Å². The van der Waals surface area contributed by atoms with E-state index in [0.29, 0.717) is 12.4 Å². The van der Waals surface area contributed by atoms with E-state index in [1.54, 1.807) is 4.68 Å². The lowest BCUT2D eigenvalue weighted by molar-refractivity contribution is -0.138. The van der Waals surface area contributed by atoms with Crippen molar-refractivity contribution in [1.29, 1.82) is 0 Å². The average molecular weight is 339 g/mol. The topological polar surface area (TPSA) is 80.9 Å². The highest BCUT2D eigenvalue weighted by Gasteiger charge is 2.16.